The third kappa shape index (κ3) is 2.31. The molecule has 0 atom stereocenters. The highest BCUT2D eigenvalue weighted by molar-refractivity contribution is 5.97. The van der Waals surface area contributed by atoms with Gasteiger partial charge in [-0.05, 0) is 23.8 Å². The maximum absolute atomic E-state index is 12.8. The summed E-state index contributed by atoms with van der Waals surface area (Å²) in [6.07, 6.45) is 3.26. The van der Waals surface area contributed by atoms with Crippen LogP contribution in [0.4, 0.5) is 4.39 Å². The van der Waals surface area contributed by atoms with Gasteiger partial charge in [-0.3, -0.25) is 4.79 Å². The monoisotopic (exact) mass is 204 g/mol. The van der Waals surface area contributed by atoms with Gasteiger partial charge in [0.05, 0.1) is 12.5 Å². The fourth-order valence-corrected chi connectivity index (χ4v) is 1.34. The van der Waals surface area contributed by atoms with Gasteiger partial charge in [0.25, 0.3) is 0 Å². The second-order valence-electron chi connectivity index (χ2n) is 3.24. The van der Waals surface area contributed by atoms with Gasteiger partial charge in [-0.15, -0.1) is 0 Å². The van der Waals surface area contributed by atoms with E-state index in [1.807, 2.05) is 0 Å². The van der Waals surface area contributed by atoms with Crippen LogP contribution in [0, 0.1) is 5.82 Å². The molecule has 0 spiro atoms. The van der Waals surface area contributed by atoms with Crippen LogP contribution in [0.25, 0.3) is 0 Å². The molecule has 0 fully saturated rings. The Bertz CT molecular complexity index is 460. The summed E-state index contributed by atoms with van der Waals surface area (Å²) in [6, 6.07) is 7.40. The van der Waals surface area contributed by atoms with E-state index in [0.717, 1.165) is 5.56 Å². The molecule has 0 aliphatic rings. The summed E-state index contributed by atoms with van der Waals surface area (Å²) in [4.78, 5) is 11.7. The Morgan fingerprint density at radius 1 is 1.33 bits per heavy atom. The van der Waals surface area contributed by atoms with Gasteiger partial charge < -0.3 is 4.42 Å². The predicted molar refractivity (Wildman–Crippen MR) is 53.1 cm³/mol. The molecule has 0 saturated heterocycles. The number of hydrogen-bond acceptors (Lipinski definition) is 2. The van der Waals surface area contributed by atoms with E-state index in [-0.39, 0.29) is 12.2 Å². The van der Waals surface area contributed by atoms with Crippen LogP contribution in [0.2, 0.25) is 0 Å². The number of carbonyl (C=O) groups excluding carboxylic acids is 1. The maximum atomic E-state index is 12.8. The highest BCUT2D eigenvalue weighted by Gasteiger charge is 2.08. The van der Waals surface area contributed by atoms with Crippen molar-refractivity contribution in [2.45, 2.75) is 6.42 Å². The Morgan fingerprint density at radius 2 is 2.20 bits per heavy atom. The molecule has 0 aliphatic heterocycles. The van der Waals surface area contributed by atoms with Gasteiger partial charge in [-0.2, -0.15) is 0 Å². The van der Waals surface area contributed by atoms with E-state index in [0.29, 0.717) is 5.56 Å². The van der Waals surface area contributed by atoms with Crippen molar-refractivity contribution in [2.75, 3.05) is 0 Å². The van der Waals surface area contributed by atoms with E-state index in [9.17, 15) is 9.18 Å². The molecule has 1 aromatic heterocycles. The summed E-state index contributed by atoms with van der Waals surface area (Å²) < 4.78 is 17.7. The highest BCUT2D eigenvalue weighted by atomic mass is 19.1. The Hall–Kier alpha value is -1.90. The number of halogens is 1. The zero-order chi connectivity index (χ0) is 10.7. The fourth-order valence-electron chi connectivity index (χ4n) is 1.34. The van der Waals surface area contributed by atoms with Crippen molar-refractivity contribution in [1.29, 1.82) is 0 Å². The van der Waals surface area contributed by atoms with E-state index in [4.69, 9.17) is 4.42 Å². The first-order chi connectivity index (χ1) is 7.25. The lowest BCUT2D eigenvalue weighted by atomic mass is 10.1. The van der Waals surface area contributed by atoms with Crippen LogP contribution in [0.3, 0.4) is 0 Å². The number of Topliss-reactive ketones (excluding diaryl/α,β-unsaturated/α-hetero) is 1. The molecule has 2 aromatic rings. The first-order valence-corrected chi connectivity index (χ1v) is 4.55. The lowest BCUT2D eigenvalue weighted by Crippen LogP contribution is -2.02. The van der Waals surface area contributed by atoms with E-state index in [1.54, 1.807) is 12.1 Å². The van der Waals surface area contributed by atoms with Gasteiger partial charge >= 0.3 is 0 Å². The molecule has 0 bridgehead atoms. The summed E-state index contributed by atoms with van der Waals surface area (Å²) in [5.41, 5.74) is 1.18. The van der Waals surface area contributed by atoms with Crippen molar-refractivity contribution in [1.82, 2.24) is 0 Å². The molecule has 0 aliphatic carbocycles. The van der Waals surface area contributed by atoms with E-state index in [2.05, 4.69) is 0 Å². The van der Waals surface area contributed by atoms with Gasteiger partial charge in [0.1, 0.15) is 5.82 Å². The fraction of sp³-hybridized carbons (Fsp3) is 0.0833. The van der Waals surface area contributed by atoms with Crippen LogP contribution >= 0.6 is 0 Å². The molecule has 0 amide bonds. The van der Waals surface area contributed by atoms with Crippen molar-refractivity contribution < 1.29 is 13.6 Å². The average Bonchev–Trinajstić information content (AvgIpc) is 2.70. The van der Waals surface area contributed by atoms with Crippen LogP contribution in [0.15, 0.2) is 47.3 Å². The van der Waals surface area contributed by atoms with Gasteiger partial charge in [0.2, 0.25) is 0 Å². The summed E-state index contributed by atoms with van der Waals surface area (Å²) in [6.45, 7) is 0. The smallest absolute Gasteiger partial charge is 0.167 e. The van der Waals surface area contributed by atoms with E-state index >= 15 is 0 Å². The molecular weight excluding hydrogens is 195 g/mol. The second kappa shape index (κ2) is 4.09. The molecule has 0 unspecified atom stereocenters. The third-order valence-electron chi connectivity index (χ3n) is 2.09. The second-order valence-corrected chi connectivity index (χ2v) is 3.24. The van der Waals surface area contributed by atoms with Crippen LogP contribution in [0.1, 0.15) is 15.9 Å². The summed E-state index contributed by atoms with van der Waals surface area (Å²) in [5, 5.41) is 0. The van der Waals surface area contributed by atoms with Crippen molar-refractivity contribution >= 4 is 5.78 Å². The Labute approximate surface area is 86.3 Å². The Kier molecular flexibility index (Phi) is 2.63. The van der Waals surface area contributed by atoms with Crippen LogP contribution in [-0.2, 0) is 6.42 Å². The van der Waals surface area contributed by atoms with Crippen LogP contribution in [0.5, 0.6) is 0 Å². The number of benzene rings is 1. The predicted octanol–water partition coefficient (Wildman–Crippen LogP) is 2.84. The molecule has 2 nitrogen and oxygen atoms in total. The summed E-state index contributed by atoms with van der Waals surface area (Å²) in [5.74, 6) is -0.510. The van der Waals surface area contributed by atoms with Crippen LogP contribution < -0.4 is 0 Å². The number of carbonyl (C=O) groups is 1. The van der Waals surface area contributed by atoms with Crippen molar-refractivity contribution in [3.8, 4) is 0 Å². The quantitative estimate of drug-likeness (QED) is 0.719. The molecule has 15 heavy (non-hydrogen) atoms. The molecule has 0 N–H and O–H groups in total. The summed E-state index contributed by atoms with van der Waals surface area (Å²) >= 11 is 0. The van der Waals surface area contributed by atoms with Crippen molar-refractivity contribution in [3.63, 3.8) is 0 Å². The van der Waals surface area contributed by atoms with Gasteiger partial charge in [-0.1, -0.05) is 12.1 Å². The highest BCUT2D eigenvalue weighted by Crippen LogP contribution is 2.09. The lowest BCUT2D eigenvalue weighted by molar-refractivity contribution is 0.0992. The van der Waals surface area contributed by atoms with Crippen molar-refractivity contribution in [2.24, 2.45) is 0 Å². The Balaban J connectivity index is 2.15. The van der Waals surface area contributed by atoms with Gasteiger partial charge in [0.15, 0.2) is 5.78 Å². The largest absolute Gasteiger partial charge is 0.472 e. The third-order valence-corrected chi connectivity index (χ3v) is 2.09. The first kappa shape index (κ1) is 9.65. The average molecular weight is 204 g/mol. The molecule has 1 heterocycles. The number of rotatable bonds is 3. The van der Waals surface area contributed by atoms with Gasteiger partial charge in [0, 0.05) is 12.0 Å². The standard InChI is InChI=1S/C12H9FO2/c13-11-3-1-2-10(7-11)12(14)6-9-4-5-15-8-9/h1-5,7-8H,6H2. The molecule has 3 heteroatoms. The minimum Gasteiger partial charge on any atom is -0.472 e. The van der Waals surface area contributed by atoms with Crippen LogP contribution in [-0.4, -0.2) is 5.78 Å². The molecular formula is C12H9FO2. The first-order valence-electron chi connectivity index (χ1n) is 4.55. The molecule has 0 saturated carbocycles. The Morgan fingerprint density at radius 3 is 2.87 bits per heavy atom. The minimum atomic E-state index is -0.395. The lowest BCUT2D eigenvalue weighted by Gasteiger charge is -1.98. The van der Waals surface area contributed by atoms with Crippen molar-refractivity contribution in [3.05, 3.63) is 59.8 Å². The van der Waals surface area contributed by atoms with E-state index in [1.165, 1.54) is 30.7 Å². The molecule has 76 valence electrons. The van der Waals surface area contributed by atoms with Gasteiger partial charge in [-0.25, -0.2) is 4.39 Å². The zero-order valence-electron chi connectivity index (χ0n) is 7.94. The number of furan rings is 1. The maximum Gasteiger partial charge on any atom is 0.167 e. The normalized spacial score (nSPS) is 10.2. The number of hydrogen-bond donors (Lipinski definition) is 0. The zero-order valence-corrected chi connectivity index (χ0v) is 7.94. The number of ketones is 1. The topological polar surface area (TPSA) is 30.2 Å². The molecule has 2 rings (SSSR count). The molecule has 1 aromatic carbocycles. The molecule has 0 radical (unpaired) electrons. The minimum absolute atomic E-state index is 0.115. The summed E-state index contributed by atoms with van der Waals surface area (Å²) in [7, 11) is 0. The van der Waals surface area contributed by atoms with E-state index < -0.39 is 5.82 Å². The SMILES string of the molecule is O=C(Cc1ccoc1)c1cccc(F)c1.